The van der Waals surface area contributed by atoms with Gasteiger partial charge in [-0.1, -0.05) is 23.7 Å². The van der Waals surface area contributed by atoms with Crippen LogP contribution in [0.5, 0.6) is 0 Å². The molecule has 3 amide bonds. The third-order valence-electron chi connectivity index (χ3n) is 3.63. The van der Waals surface area contributed by atoms with E-state index in [1.54, 1.807) is 6.07 Å². The van der Waals surface area contributed by atoms with Crippen molar-refractivity contribution < 1.29 is 9.59 Å². The highest BCUT2D eigenvalue weighted by Crippen LogP contribution is 2.26. The number of hydrogen-bond acceptors (Lipinski definition) is 3. The molecule has 0 spiro atoms. The number of nitrogens with one attached hydrogen (secondary N) is 2. The van der Waals surface area contributed by atoms with Gasteiger partial charge in [0.05, 0.1) is 10.5 Å². The van der Waals surface area contributed by atoms with E-state index in [0.717, 1.165) is 21.4 Å². The lowest BCUT2D eigenvalue weighted by Gasteiger charge is -2.11. The van der Waals surface area contributed by atoms with E-state index >= 15 is 0 Å². The van der Waals surface area contributed by atoms with Crippen LogP contribution in [0.25, 0.3) is 10.9 Å². The molecule has 1 aliphatic rings. The number of halogens is 1. The molecule has 1 aromatic carbocycles. The van der Waals surface area contributed by atoms with Crippen molar-refractivity contribution in [3.63, 3.8) is 0 Å². The van der Waals surface area contributed by atoms with E-state index in [9.17, 15) is 9.59 Å². The van der Waals surface area contributed by atoms with Gasteiger partial charge in [0, 0.05) is 31.1 Å². The van der Waals surface area contributed by atoms with E-state index in [1.807, 2.05) is 18.3 Å². The number of carbonyl (C=O) groups is 2. The van der Waals surface area contributed by atoms with Crippen molar-refractivity contribution in [2.24, 2.45) is 5.73 Å². The highest BCUT2D eigenvalue weighted by Gasteiger charge is 2.37. The van der Waals surface area contributed by atoms with Crippen LogP contribution in [0.15, 0.2) is 24.4 Å². The summed E-state index contributed by atoms with van der Waals surface area (Å²) in [6.45, 7) is 0.495. The second-order valence-corrected chi connectivity index (χ2v) is 5.37. The highest BCUT2D eigenvalue weighted by atomic mass is 35.5. The van der Waals surface area contributed by atoms with E-state index in [0.29, 0.717) is 11.4 Å². The third kappa shape index (κ3) is 2.36. The summed E-state index contributed by atoms with van der Waals surface area (Å²) in [5.41, 5.74) is 7.19. The summed E-state index contributed by atoms with van der Waals surface area (Å²) in [5.74, 6) is -0.234. The maximum absolute atomic E-state index is 12.2. The van der Waals surface area contributed by atoms with Crippen LogP contribution in [-0.2, 0) is 11.2 Å². The van der Waals surface area contributed by atoms with Crippen LogP contribution in [0.4, 0.5) is 4.79 Å². The summed E-state index contributed by atoms with van der Waals surface area (Å²) in [6.07, 6.45) is 2.24. The number of carbonyl (C=O) groups excluding carboxylic acids is 2. The van der Waals surface area contributed by atoms with Gasteiger partial charge < -0.3 is 16.0 Å². The van der Waals surface area contributed by atoms with Gasteiger partial charge in [-0.25, -0.2) is 4.79 Å². The minimum atomic E-state index is -0.554. The summed E-state index contributed by atoms with van der Waals surface area (Å²) in [5, 5.41) is 4.28. The van der Waals surface area contributed by atoms with Gasteiger partial charge in [0.1, 0.15) is 6.04 Å². The van der Waals surface area contributed by atoms with E-state index in [2.05, 4.69) is 10.3 Å². The molecular weight excluding hydrogens is 292 g/mol. The van der Waals surface area contributed by atoms with Crippen molar-refractivity contribution in [1.82, 2.24) is 15.2 Å². The van der Waals surface area contributed by atoms with Crippen molar-refractivity contribution in [2.75, 3.05) is 13.1 Å². The van der Waals surface area contributed by atoms with E-state index in [4.69, 9.17) is 17.3 Å². The van der Waals surface area contributed by atoms with Crippen LogP contribution >= 0.6 is 11.6 Å². The lowest BCUT2D eigenvalue weighted by atomic mass is 10.1. The zero-order valence-corrected chi connectivity index (χ0v) is 12.0. The molecule has 1 atom stereocenters. The first-order valence-electron chi connectivity index (χ1n) is 6.68. The van der Waals surface area contributed by atoms with Crippen molar-refractivity contribution >= 4 is 34.4 Å². The third-order valence-corrected chi connectivity index (χ3v) is 3.95. The van der Waals surface area contributed by atoms with Crippen LogP contribution in [-0.4, -0.2) is 41.0 Å². The van der Waals surface area contributed by atoms with Gasteiger partial charge in [0.25, 0.3) is 5.91 Å². The molecule has 21 heavy (non-hydrogen) atoms. The zero-order chi connectivity index (χ0) is 15.0. The van der Waals surface area contributed by atoms with Gasteiger partial charge in [-0.05, 0) is 11.6 Å². The second kappa shape index (κ2) is 5.38. The summed E-state index contributed by atoms with van der Waals surface area (Å²) >= 11 is 6.11. The van der Waals surface area contributed by atoms with Gasteiger partial charge in [-0.3, -0.25) is 9.69 Å². The first-order chi connectivity index (χ1) is 10.1. The molecule has 1 saturated heterocycles. The smallest absolute Gasteiger partial charge is 0.324 e. The largest absolute Gasteiger partial charge is 0.360 e. The van der Waals surface area contributed by atoms with Crippen molar-refractivity contribution in [2.45, 2.75) is 12.5 Å². The molecule has 1 unspecified atom stereocenters. The monoisotopic (exact) mass is 306 g/mol. The normalized spacial score (nSPS) is 18.6. The maximum Gasteiger partial charge on any atom is 0.324 e. The van der Waals surface area contributed by atoms with Gasteiger partial charge in [0.15, 0.2) is 0 Å². The molecule has 1 fully saturated rings. The Balaban J connectivity index is 1.85. The van der Waals surface area contributed by atoms with E-state index < -0.39 is 6.04 Å². The lowest BCUT2D eigenvalue weighted by Crippen LogP contribution is -2.36. The average Bonchev–Trinajstić information content (AvgIpc) is 2.98. The van der Waals surface area contributed by atoms with Crippen molar-refractivity contribution in [3.8, 4) is 0 Å². The van der Waals surface area contributed by atoms with E-state index in [-0.39, 0.29) is 25.0 Å². The quantitative estimate of drug-likeness (QED) is 0.742. The molecule has 2 aromatic rings. The fraction of sp³-hybridized carbons (Fsp3) is 0.286. The highest BCUT2D eigenvalue weighted by molar-refractivity contribution is 6.35. The minimum absolute atomic E-state index is 0.234. The Morgan fingerprint density at radius 1 is 1.33 bits per heavy atom. The predicted molar refractivity (Wildman–Crippen MR) is 80.1 cm³/mol. The Morgan fingerprint density at radius 3 is 2.90 bits per heavy atom. The Labute approximate surface area is 126 Å². The molecule has 0 saturated carbocycles. The van der Waals surface area contributed by atoms with Gasteiger partial charge >= 0.3 is 6.03 Å². The molecule has 0 aliphatic carbocycles. The fourth-order valence-corrected chi connectivity index (χ4v) is 2.85. The van der Waals surface area contributed by atoms with Crippen molar-refractivity contribution in [3.05, 3.63) is 35.0 Å². The molecule has 6 nitrogen and oxygen atoms in total. The van der Waals surface area contributed by atoms with Crippen molar-refractivity contribution in [1.29, 1.82) is 0 Å². The molecular formula is C14H15ClN4O2. The minimum Gasteiger partial charge on any atom is -0.360 e. The number of amides is 3. The van der Waals surface area contributed by atoms with Crippen LogP contribution in [0.3, 0.4) is 0 Å². The number of rotatable bonds is 4. The molecule has 7 heteroatoms. The Kier molecular flexibility index (Phi) is 3.57. The number of imide groups is 1. The number of H-pyrrole nitrogens is 1. The van der Waals surface area contributed by atoms with Crippen LogP contribution < -0.4 is 11.1 Å². The van der Waals surface area contributed by atoms with Crippen LogP contribution in [0.1, 0.15) is 5.56 Å². The average molecular weight is 307 g/mol. The Morgan fingerprint density at radius 2 is 2.14 bits per heavy atom. The topological polar surface area (TPSA) is 91.2 Å². The standard InChI is InChI=1S/C14H15ClN4O2/c15-10-3-1-2-9-8(7-17-12(9)10)6-11-13(20)19(5-4-16)14(21)18-11/h1-3,7,11,17H,4-6,16H2,(H,18,21). The fourth-order valence-electron chi connectivity index (χ4n) is 2.62. The molecule has 3 rings (SSSR count). The Hall–Kier alpha value is -2.05. The molecule has 1 aliphatic heterocycles. The zero-order valence-electron chi connectivity index (χ0n) is 11.2. The number of nitrogens with zero attached hydrogens (tertiary/aromatic N) is 1. The molecule has 0 radical (unpaired) electrons. The SMILES string of the molecule is NCCN1C(=O)NC(Cc2c[nH]c3c(Cl)cccc23)C1=O. The number of nitrogens with two attached hydrogens (primary N) is 1. The van der Waals surface area contributed by atoms with Crippen LogP contribution in [0.2, 0.25) is 5.02 Å². The number of benzene rings is 1. The first kappa shape index (κ1) is 13.9. The summed E-state index contributed by atoms with van der Waals surface area (Å²) in [4.78, 5) is 28.2. The number of urea groups is 1. The molecule has 2 heterocycles. The Bertz CT molecular complexity index is 712. The maximum atomic E-state index is 12.2. The number of hydrogen-bond donors (Lipinski definition) is 3. The van der Waals surface area contributed by atoms with Gasteiger partial charge in [-0.2, -0.15) is 0 Å². The molecule has 4 N–H and O–H groups in total. The summed E-state index contributed by atoms with van der Waals surface area (Å²) in [6, 6.07) is 4.66. The second-order valence-electron chi connectivity index (χ2n) is 4.96. The molecule has 110 valence electrons. The molecule has 1 aromatic heterocycles. The van der Waals surface area contributed by atoms with Gasteiger partial charge in [0.2, 0.25) is 0 Å². The summed E-state index contributed by atoms with van der Waals surface area (Å²) in [7, 11) is 0. The number of aromatic nitrogens is 1. The lowest BCUT2D eigenvalue weighted by molar-refractivity contribution is -0.127. The predicted octanol–water partition coefficient (Wildman–Crippen LogP) is 1.24. The number of aromatic amines is 1. The van der Waals surface area contributed by atoms with Gasteiger partial charge in [-0.15, -0.1) is 0 Å². The van der Waals surface area contributed by atoms with E-state index in [1.165, 1.54) is 0 Å². The number of para-hydroxylation sites is 1. The first-order valence-corrected chi connectivity index (χ1v) is 7.06. The molecule has 0 bridgehead atoms. The summed E-state index contributed by atoms with van der Waals surface area (Å²) < 4.78 is 0. The van der Waals surface area contributed by atoms with Crippen LogP contribution in [0, 0.1) is 0 Å². The number of fused-ring (bicyclic) bond motifs is 1.